The summed E-state index contributed by atoms with van der Waals surface area (Å²) in [5.74, 6) is 0.897. The smallest absolute Gasteiger partial charge is 0.344 e. The van der Waals surface area contributed by atoms with Crippen LogP contribution in [0.4, 0.5) is 0 Å². The molecule has 22 heavy (non-hydrogen) atoms. The Morgan fingerprint density at radius 3 is 2.68 bits per heavy atom. The van der Waals surface area contributed by atoms with E-state index in [-0.39, 0.29) is 36.0 Å². The second kappa shape index (κ2) is 5.10. The molecule has 0 aliphatic heterocycles. The largest absolute Gasteiger partial charge is 0.459 e. The molecule has 6 unspecified atom stereocenters. The fraction of sp³-hybridized carbons (Fsp3) is 0.778. The van der Waals surface area contributed by atoms with Crippen LogP contribution in [0.15, 0.2) is 12.2 Å². The van der Waals surface area contributed by atoms with Gasteiger partial charge >= 0.3 is 11.9 Å². The molecule has 0 heterocycles. The van der Waals surface area contributed by atoms with E-state index in [1.54, 1.807) is 0 Å². The number of rotatable bonds is 4. The topological polar surface area (TPSA) is 52.6 Å². The molecule has 0 aromatic carbocycles. The number of fused-ring (bicyclic) bond motifs is 4. The van der Waals surface area contributed by atoms with Crippen molar-refractivity contribution in [2.45, 2.75) is 51.6 Å². The highest BCUT2D eigenvalue weighted by Crippen LogP contribution is 2.55. The van der Waals surface area contributed by atoms with Crippen molar-refractivity contribution in [1.82, 2.24) is 0 Å². The highest BCUT2D eigenvalue weighted by molar-refractivity contribution is 5.78. The van der Waals surface area contributed by atoms with E-state index in [4.69, 9.17) is 9.47 Å². The molecule has 0 radical (unpaired) electrons. The van der Waals surface area contributed by atoms with Crippen LogP contribution in [0, 0.1) is 29.1 Å². The van der Waals surface area contributed by atoms with Gasteiger partial charge in [0.05, 0.1) is 5.92 Å². The van der Waals surface area contributed by atoms with Crippen LogP contribution in [0.25, 0.3) is 0 Å². The van der Waals surface area contributed by atoms with E-state index in [9.17, 15) is 9.59 Å². The minimum atomic E-state index is -0.383. The van der Waals surface area contributed by atoms with E-state index in [2.05, 4.69) is 19.1 Å². The van der Waals surface area contributed by atoms with Gasteiger partial charge in [0.25, 0.3) is 0 Å². The minimum absolute atomic E-state index is 0.0166. The lowest BCUT2D eigenvalue weighted by molar-refractivity contribution is -0.168. The van der Waals surface area contributed by atoms with Crippen LogP contribution < -0.4 is 0 Å². The maximum absolute atomic E-state index is 12.1. The molecule has 4 bridgehead atoms. The van der Waals surface area contributed by atoms with Crippen LogP contribution in [-0.4, -0.2) is 24.6 Å². The molecule has 0 N–H and O–H groups in total. The zero-order valence-electron chi connectivity index (χ0n) is 13.1. The van der Waals surface area contributed by atoms with Gasteiger partial charge in [-0.3, -0.25) is 4.79 Å². The predicted molar refractivity (Wildman–Crippen MR) is 79.7 cm³/mol. The summed E-state index contributed by atoms with van der Waals surface area (Å²) >= 11 is 0. The van der Waals surface area contributed by atoms with E-state index in [0.717, 1.165) is 25.7 Å². The lowest BCUT2D eigenvalue weighted by atomic mass is 9.84. The van der Waals surface area contributed by atoms with Gasteiger partial charge in [0.1, 0.15) is 6.10 Å². The molecule has 4 aliphatic rings. The summed E-state index contributed by atoms with van der Waals surface area (Å²) in [4.78, 5) is 24.1. The number of carbonyl (C=O) groups excluding carboxylic acids is 2. The third kappa shape index (κ3) is 2.37. The monoisotopic (exact) mass is 304 g/mol. The first-order chi connectivity index (χ1) is 10.5. The van der Waals surface area contributed by atoms with Gasteiger partial charge in [-0.2, -0.15) is 0 Å². The minimum Gasteiger partial charge on any atom is -0.459 e. The molecule has 3 fully saturated rings. The van der Waals surface area contributed by atoms with Crippen molar-refractivity contribution >= 4 is 11.9 Å². The number of hydrogen-bond acceptors (Lipinski definition) is 4. The Labute approximate surface area is 131 Å². The summed E-state index contributed by atoms with van der Waals surface area (Å²) in [6.07, 6.45) is 10.8. The molecule has 0 spiro atoms. The molecule has 3 saturated carbocycles. The fourth-order valence-electron chi connectivity index (χ4n) is 5.15. The van der Waals surface area contributed by atoms with E-state index < -0.39 is 0 Å². The van der Waals surface area contributed by atoms with Gasteiger partial charge in [0, 0.05) is 5.41 Å². The SMILES string of the molecule is CC12CCC(CC1OC(=O)COC(=O)C1CC3C=CC1C3)C2. The van der Waals surface area contributed by atoms with E-state index >= 15 is 0 Å². The van der Waals surface area contributed by atoms with Gasteiger partial charge in [0.15, 0.2) is 6.61 Å². The number of carbonyl (C=O) groups is 2. The Morgan fingerprint density at radius 2 is 2.09 bits per heavy atom. The summed E-state index contributed by atoms with van der Waals surface area (Å²) in [7, 11) is 0. The average molecular weight is 304 g/mol. The first-order valence-corrected chi connectivity index (χ1v) is 8.58. The van der Waals surface area contributed by atoms with Crippen LogP contribution in [0.2, 0.25) is 0 Å². The Balaban J connectivity index is 1.25. The van der Waals surface area contributed by atoms with Gasteiger partial charge < -0.3 is 9.47 Å². The maximum atomic E-state index is 12.1. The molecule has 0 aromatic heterocycles. The first kappa shape index (κ1) is 14.3. The summed E-state index contributed by atoms with van der Waals surface area (Å²) < 4.78 is 10.8. The summed E-state index contributed by atoms with van der Waals surface area (Å²) in [5, 5.41) is 0. The second-order valence-corrected chi connectivity index (χ2v) is 7.97. The first-order valence-electron chi connectivity index (χ1n) is 8.58. The lowest BCUT2D eigenvalue weighted by Gasteiger charge is -2.30. The van der Waals surface area contributed by atoms with Gasteiger partial charge in [-0.05, 0) is 56.3 Å². The van der Waals surface area contributed by atoms with Crippen LogP contribution in [-0.2, 0) is 19.1 Å². The van der Waals surface area contributed by atoms with Crippen molar-refractivity contribution in [1.29, 1.82) is 0 Å². The fourth-order valence-corrected chi connectivity index (χ4v) is 5.15. The predicted octanol–water partition coefficient (Wildman–Crippen LogP) is 2.86. The van der Waals surface area contributed by atoms with Crippen LogP contribution in [0.5, 0.6) is 0 Å². The Kier molecular flexibility index (Phi) is 3.31. The van der Waals surface area contributed by atoms with Crippen molar-refractivity contribution < 1.29 is 19.1 Å². The Hall–Kier alpha value is -1.32. The molecular formula is C18H24O4. The summed E-state index contributed by atoms with van der Waals surface area (Å²) in [5.41, 5.74) is 0.153. The molecular weight excluding hydrogens is 280 g/mol. The highest BCUT2D eigenvalue weighted by atomic mass is 16.6. The van der Waals surface area contributed by atoms with Gasteiger partial charge in [0.2, 0.25) is 0 Å². The maximum Gasteiger partial charge on any atom is 0.344 e. The number of hydrogen-bond donors (Lipinski definition) is 0. The summed E-state index contributed by atoms with van der Waals surface area (Å²) in [6.45, 7) is 1.99. The van der Waals surface area contributed by atoms with Crippen molar-refractivity contribution in [2.75, 3.05) is 6.61 Å². The average Bonchev–Trinajstić information content (AvgIpc) is 3.23. The van der Waals surface area contributed by atoms with Gasteiger partial charge in [-0.25, -0.2) is 4.79 Å². The van der Waals surface area contributed by atoms with Gasteiger partial charge in [-0.1, -0.05) is 19.1 Å². The molecule has 0 amide bonds. The third-order valence-electron chi connectivity index (χ3n) is 6.39. The van der Waals surface area contributed by atoms with Crippen molar-refractivity contribution in [2.24, 2.45) is 29.1 Å². The zero-order valence-corrected chi connectivity index (χ0v) is 13.1. The molecule has 4 rings (SSSR count). The Morgan fingerprint density at radius 1 is 1.23 bits per heavy atom. The molecule has 120 valence electrons. The molecule has 4 nitrogen and oxygen atoms in total. The quantitative estimate of drug-likeness (QED) is 0.592. The van der Waals surface area contributed by atoms with Crippen LogP contribution >= 0.6 is 0 Å². The van der Waals surface area contributed by atoms with Crippen molar-refractivity contribution in [3.05, 3.63) is 12.2 Å². The number of ether oxygens (including phenoxy) is 2. The zero-order chi connectivity index (χ0) is 15.3. The Bertz CT molecular complexity index is 525. The molecule has 6 atom stereocenters. The van der Waals surface area contributed by atoms with Crippen molar-refractivity contribution in [3.63, 3.8) is 0 Å². The number of allylic oxidation sites excluding steroid dienone is 2. The van der Waals surface area contributed by atoms with E-state index in [0.29, 0.717) is 17.8 Å². The molecule has 4 heteroatoms. The summed E-state index contributed by atoms with van der Waals surface area (Å²) in [6, 6.07) is 0. The molecule has 4 aliphatic carbocycles. The normalized spacial score (nSPS) is 44.5. The van der Waals surface area contributed by atoms with Gasteiger partial charge in [-0.15, -0.1) is 0 Å². The van der Waals surface area contributed by atoms with Crippen LogP contribution in [0.1, 0.15) is 45.4 Å². The van der Waals surface area contributed by atoms with Crippen molar-refractivity contribution in [3.8, 4) is 0 Å². The van der Waals surface area contributed by atoms with E-state index in [1.165, 1.54) is 12.8 Å². The number of esters is 2. The second-order valence-electron chi connectivity index (χ2n) is 7.97. The highest BCUT2D eigenvalue weighted by Gasteiger charge is 2.50. The molecule has 0 aromatic rings. The standard InChI is InChI=1S/C18H24O4/c1-18-5-4-12(9-18)8-15(18)22-16(19)10-21-17(20)14-7-11-2-3-13(14)6-11/h2-3,11-15H,4-10H2,1H3. The molecule has 0 saturated heterocycles. The van der Waals surface area contributed by atoms with E-state index in [1.807, 2.05) is 0 Å². The lowest BCUT2D eigenvalue weighted by Crippen LogP contribution is -2.34. The third-order valence-corrected chi connectivity index (χ3v) is 6.39. The van der Waals surface area contributed by atoms with Crippen LogP contribution in [0.3, 0.4) is 0 Å².